The molecule has 160 valence electrons. The molecule has 1 saturated carbocycles. The molecule has 29 heavy (non-hydrogen) atoms. The molecule has 0 spiro atoms. The lowest BCUT2D eigenvalue weighted by atomic mass is 9.90. The number of fused-ring (bicyclic) bond motifs is 1. The number of aliphatic hydroxyl groups is 1. The van der Waals surface area contributed by atoms with E-state index < -0.39 is 23.1 Å². The number of aliphatic hydroxyl groups excluding tert-OH is 1. The largest absolute Gasteiger partial charge is 0.444 e. The fourth-order valence-corrected chi connectivity index (χ4v) is 4.16. The second-order valence-electron chi connectivity index (χ2n) is 9.50. The lowest BCUT2D eigenvalue weighted by Crippen LogP contribution is -2.49. The Bertz CT molecular complexity index is 811. The van der Waals surface area contributed by atoms with Gasteiger partial charge in [0.2, 0.25) is 5.91 Å². The summed E-state index contributed by atoms with van der Waals surface area (Å²) in [6.45, 7) is 9.67. The minimum Gasteiger partial charge on any atom is -0.444 e. The predicted molar refractivity (Wildman–Crippen MR) is 107 cm³/mol. The third kappa shape index (κ3) is 4.51. The quantitative estimate of drug-likeness (QED) is 0.772. The van der Waals surface area contributed by atoms with Crippen LogP contribution < -0.4 is 5.32 Å². The molecule has 6 nitrogen and oxygen atoms in total. The molecule has 1 aromatic rings. The number of piperidine rings is 1. The van der Waals surface area contributed by atoms with Crippen LogP contribution in [-0.2, 0) is 9.53 Å². The van der Waals surface area contributed by atoms with E-state index in [-0.39, 0.29) is 40.3 Å². The van der Waals surface area contributed by atoms with Gasteiger partial charge in [0.1, 0.15) is 17.5 Å². The summed E-state index contributed by atoms with van der Waals surface area (Å²) in [5.74, 6) is -0.947. The summed E-state index contributed by atoms with van der Waals surface area (Å²) in [6.07, 6.45) is -1.63. The van der Waals surface area contributed by atoms with E-state index in [2.05, 4.69) is 5.32 Å². The van der Waals surface area contributed by atoms with Crippen molar-refractivity contribution in [2.24, 2.45) is 17.8 Å². The molecule has 3 atom stereocenters. The summed E-state index contributed by atoms with van der Waals surface area (Å²) >= 11 is 5.80. The minimum atomic E-state index is -1.26. The molecule has 1 heterocycles. The van der Waals surface area contributed by atoms with E-state index in [0.29, 0.717) is 13.1 Å². The van der Waals surface area contributed by atoms with E-state index in [4.69, 9.17) is 16.3 Å². The van der Waals surface area contributed by atoms with Crippen LogP contribution in [0, 0.1) is 23.6 Å². The zero-order valence-corrected chi connectivity index (χ0v) is 18.1. The normalized spacial score (nSPS) is 24.7. The average Bonchev–Trinajstić information content (AvgIpc) is 3.09. The number of amides is 2. The monoisotopic (exact) mass is 426 g/mol. The van der Waals surface area contributed by atoms with Gasteiger partial charge in [0, 0.05) is 24.6 Å². The van der Waals surface area contributed by atoms with Crippen molar-refractivity contribution in [1.82, 2.24) is 10.2 Å². The number of ether oxygens (including phenoxy) is 1. The molecule has 0 bridgehead atoms. The Morgan fingerprint density at radius 3 is 2.38 bits per heavy atom. The van der Waals surface area contributed by atoms with Gasteiger partial charge in [-0.05, 0) is 52.5 Å². The van der Waals surface area contributed by atoms with Gasteiger partial charge in [-0.25, -0.2) is 9.18 Å². The first-order chi connectivity index (χ1) is 13.3. The lowest BCUT2D eigenvalue weighted by molar-refractivity contribution is -0.126. The molecule has 1 aliphatic carbocycles. The Morgan fingerprint density at radius 2 is 1.83 bits per heavy atom. The molecule has 8 heteroatoms. The SMILES string of the molecule is CC(C)(C)OC(=O)N1CC2C(C1)C2C(=O)NC(C)(C)C(O)c1cccc(Cl)c1F. The Kier molecular flexibility index (Phi) is 5.60. The van der Waals surface area contributed by atoms with Crippen LogP contribution in [-0.4, -0.2) is 46.2 Å². The van der Waals surface area contributed by atoms with E-state index in [0.717, 1.165) is 0 Å². The molecule has 0 aromatic heterocycles. The van der Waals surface area contributed by atoms with E-state index in [9.17, 15) is 19.1 Å². The number of halogens is 2. The van der Waals surface area contributed by atoms with Crippen molar-refractivity contribution in [2.75, 3.05) is 13.1 Å². The Balaban J connectivity index is 1.58. The Labute approximate surface area is 175 Å². The number of hydrogen-bond acceptors (Lipinski definition) is 4. The van der Waals surface area contributed by atoms with Gasteiger partial charge >= 0.3 is 6.09 Å². The van der Waals surface area contributed by atoms with Gasteiger partial charge in [-0.3, -0.25) is 4.79 Å². The summed E-state index contributed by atoms with van der Waals surface area (Å²) in [6, 6.07) is 4.41. The summed E-state index contributed by atoms with van der Waals surface area (Å²) in [5.41, 5.74) is -1.62. The highest BCUT2D eigenvalue weighted by molar-refractivity contribution is 6.30. The molecular formula is C21H28ClFN2O4. The molecule has 3 unspecified atom stereocenters. The topological polar surface area (TPSA) is 78.9 Å². The maximum absolute atomic E-state index is 14.3. The van der Waals surface area contributed by atoms with E-state index in [1.54, 1.807) is 24.8 Å². The summed E-state index contributed by atoms with van der Waals surface area (Å²) in [7, 11) is 0. The van der Waals surface area contributed by atoms with Gasteiger partial charge in [0.15, 0.2) is 0 Å². The molecule has 2 fully saturated rings. The molecule has 3 rings (SSSR count). The van der Waals surface area contributed by atoms with Crippen LogP contribution in [0.25, 0.3) is 0 Å². The molecule has 2 aliphatic rings. The van der Waals surface area contributed by atoms with Crippen molar-refractivity contribution in [3.05, 3.63) is 34.6 Å². The summed E-state index contributed by atoms with van der Waals surface area (Å²) in [5, 5.41) is 13.4. The molecule has 1 aromatic carbocycles. The predicted octanol–water partition coefficient (Wildman–Crippen LogP) is 3.52. The third-order valence-corrected chi connectivity index (χ3v) is 5.85. The van der Waals surface area contributed by atoms with Crippen LogP contribution in [0.5, 0.6) is 0 Å². The van der Waals surface area contributed by atoms with Crippen LogP contribution in [0.2, 0.25) is 5.02 Å². The first-order valence-corrected chi connectivity index (χ1v) is 10.1. The minimum absolute atomic E-state index is 0.0369. The van der Waals surface area contributed by atoms with E-state index >= 15 is 0 Å². The molecule has 0 radical (unpaired) electrons. The van der Waals surface area contributed by atoms with Gasteiger partial charge < -0.3 is 20.1 Å². The van der Waals surface area contributed by atoms with E-state index in [1.165, 1.54) is 12.1 Å². The molecule has 2 N–H and O–H groups in total. The average molecular weight is 427 g/mol. The standard InChI is InChI=1S/C21H28ClFN2O4/c1-20(2,3)29-19(28)25-9-12-13(10-25)15(12)18(27)24-21(4,5)17(26)11-7-6-8-14(22)16(11)23/h6-8,12-13,15,17,26H,9-10H2,1-5H3,(H,24,27). The van der Waals surface area contributed by atoms with Crippen LogP contribution >= 0.6 is 11.6 Å². The number of carbonyl (C=O) groups excluding carboxylic acids is 2. The molecule has 1 aliphatic heterocycles. The third-order valence-electron chi connectivity index (χ3n) is 5.55. The smallest absolute Gasteiger partial charge is 0.410 e. The number of nitrogens with one attached hydrogen (secondary N) is 1. The number of likely N-dealkylation sites (tertiary alicyclic amines) is 1. The fraction of sp³-hybridized carbons (Fsp3) is 0.619. The number of hydrogen-bond donors (Lipinski definition) is 2. The van der Waals surface area contributed by atoms with Crippen LogP contribution in [0.4, 0.5) is 9.18 Å². The van der Waals surface area contributed by atoms with Crippen molar-refractivity contribution < 1.29 is 23.8 Å². The molecular weight excluding hydrogens is 399 g/mol. The maximum Gasteiger partial charge on any atom is 0.410 e. The second-order valence-corrected chi connectivity index (χ2v) is 9.90. The Hall–Kier alpha value is -1.86. The highest BCUT2D eigenvalue weighted by Crippen LogP contribution is 2.52. The first kappa shape index (κ1) is 21.8. The van der Waals surface area contributed by atoms with Crippen LogP contribution in [0.1, 0.15) is 46.3 Å². The lowest BCUT2D eigenvalue weighted by Gasteiger charge is -2.33. The molecule has 2 amide bonds. The van der Waals surface area contributed by atoms with Gasteiger partial charge in [-0.15, -0.1) is 0 Å². The van der Waals surface area contributed by atoms with Crippen LogP contribution in [0.15, 0.2) is 18.2 Å². The van der Waals surface area contributed by atoms with Gasteiger partial charge in [-0.2, -0.15) is 0 Å². The zero-order chi connectivity index (χ0) is 21.7. The van der Waals surface area contributed by atoms with Crippen molar-refractivity contribution in [2.45, 2.75) is 51.9 Å². The van der Waals surface area contributed by atoms with Crippen LogP contribution in [0.3, 0.4) is 0 Å². The van der Waals surface area contributed by atoms with E-state index in [1.807, 2.05) is 20.8 Å². The highest BCUT2D eigenvalue weighted by atomic mass is 35.5. The van der Waals surface area contributed by atoms with Gasteiger partial charge in [0.25, 0.3) is 0 Å². The number of carbonyl (C=O) groups is 2. The summed E-state index contributed by atoms with van der Waals surface area (Å²) < 4.78 is 19.6. The van der Waals surface area contributed by atoms with Gasteiger partial charge in [0.05, 0.1) is 10.6 Å². The van der Waals surface area contributed by atoms with Gasteiger partial charge in [-0.1, -0.05) is 23.7 Å². The first-order valence-electron chi connectivity index (χ1n) is 9.74. The van der Waals surface area contributed by atoms with Crippen molar-refractivity contribution in [3.63, 3.8) is 0 Å². The second kappa shape index (κ2) is 7.43. The Morgan fingerprint density at radius 1 is 1.24 bits per heavy atom. The highest BCUT2D eigenvalue weighted by Gasteiger charge is 2.61. The maximum atomic E-state index is 14.3. The van der Waals surface area contributed by atoms with Crippen molar-refractivity contribution >= 4 is 23.6 Å². The number of rotatable bonds is 4. The number of nitrogens with zero attached hydrogens (tertiary/aromatic N) is 1. The zero-order valence-electron chi connectivity index (χ0n) is 17.3. The van der Waals surface area contributed by atoms with Crippen molar-refractivity contribution in [3.8, 4) is 0 Å². The fourth-order valence-electron chi connectivity index (χ4n) is 3.98. The molecule has 1 saturated heterocycles. The number of benzene rings is 1. The summed E-state index contributed by atoms with van der Waals surface area (Å²) in [4.78, 5) is 26.5. The van der Waals surface area contributed by atoms with Crippen molar-refractivity contribution in [1.29, 1.82) is 0 Å².